The molecule has 0 fully saturated rings. The summed E-state index contributed by atoms with van der Waals surface area (Å²) in [6.07, 6.45) is 0. The fourth-order valence-corrected chi connectivity index (χ4v) is 0. The van der Waals surface area contributed by atoms with Crippen LogP contribution in [0, 0.1) is 0 Å². The number of hydrogen-bond donors (Lipinski definition) is 0. The topological polar surface area (TPSA) is 63.2 Å². The maximum Gasteiger partial charge on any atom is 1.00 e. The van der Waals surface area contributed by atoms with Gasteiger partial charge < -0.3 is 9.11 Å². The van der Waals surface area contributed by atoms with E-state index in [4.69, 9.17) is 13.3 Å². The predicted octanol–water partition coefficient (Wildman–Crippen LogP) is -4.00. The molecule has 0 saturated heterocycles. The summed E-state index contributed by atoms with van der Waals surface area (Å²) >= 11 is -3.11. The average Bonchev–Trinajstić information content (AvgIpc) is 0.811. The summed E-state index contributed by atoms with van der Waals surface area (Å²) in [6.45, 7) is 0. The van der Waals surface area contributed by atoms with Crippen molar-refractivity contribution in [2.24, 2.45) is 0 Å². The first-order valence-electron chi connectivity index (χ1n) is 0.500. The van der Waals surface area contributed by atoms with E-state index in [1.165, 1.54) is 0 Å². The van der Waals surface area contributed by atoms with Crippen LogP contribution >= 0.6 is 0 Å². The van der Waals surface area contributed by atoms with Crippen LogP contribution in [0.2, 0.25) is 0 Å². The molecule has 5 heteroatoms. The molecule has 5 heavy (non-hydrogen) atoms. The minimum Gasteiger partial charge on any atom is -0.784 e. The van der Waals surface area contributed by atoms with Gasteiger partial charge in [-0.1, -0.05) is 0 Å². The molecular formula is LiO3S-. The summed E-state index contributed by atoms with van der Waals surface area (Å²) in [7, 11) is 0. The van der Waals surface area contributed by atoms with Crippen LogP contribution in [0.15, 0.2) is 0 Å². The van der Waals surface area contributed by atoms with E-state index >= 15 is 0 Å². The Labute approximate surface area is 44.1 Å². The Morgan fingerprint density at radius 2 is 1.40 bits per heavy atom. The van der Waals surface area contributed by atoms with Gasteiger partial charge in [0.25, 0.3) is 0 Å². The van der Waals surface area contributed by atoms with E-state index in [0.717, 1.165) is 0 Å². The normalized spacial score (nSPS) is 7.00. The minimum absolute atomic E-state index is 0. The van der Waals surface area contributed by atoms with Gasteiger partial charge in [-0.05, 0) is 0 Å². The fourth-order valence-electron chi connectivity index (χ4n) is 0. The Hall–Kier alpha value is 0.667. The van der Waals surface area contributed by atoms with E-state index in [2.05, 4.69) is 0 Å². The zero-order valence-electron chi connectivity index (χ0n) is 2.63. The Morgan fingerprint density at radius 3 is 1.40 bits per heavy atom. The predicted molar refractivity (Wildman–Crippen MR) is 9.70 cm³/mol. The van der Waals surface area contributed by atoms with Gasteiger partial charge in [-0.25, -0.2) is 0 Å². The second-order valence-electron chi connectivity index (χ2n) is 0.204. The third-order valence-corrected chi connectivity index (χ3v) is 0. The molecule has 0 rings (SSSR count). The largest absolute Gasteiger partial charge is 1.00 e. The first-order valence-corrected chi connectivity index (χ1v) is 1.50. The Kier molecular flexibility index (Phi) is 8.57. The van der Waals surface area contributed by atoms with Gasteiger partial charge in [0, 0.05) is 0 Å². The molecule has 0 radical (unpaired) electrons. The van der Waals surface area contributed by atoms with Crippen molar-refractivity contribution in [2.45, 2.75) is 0 Å². The van der Waals surface area contributed by atoms with E-state index in [1.807, 2.05) is 0 Å². The smallest absolute Gasteiger partial charge is 0.784 e. The second kappa shape index (κ2) is 4.67. The van der Waals surface area contributed by atoms with Crippen molar-refractivity contribution in [3.63, 3.8) is 0 Å². The van der Waals surface area contributed by atoms with Crippen LogP contribution in [0.1, 0.15) is 0 Å². The van der Waals surface area contributed by atoms with Crippen LogP contribution in [-0.4, -0.2) is 13.3 Å². The molecule has 0 bridgehead atoms. The van der Waals surface area contributed by atoms with Gasteiger partial charge in [-0.15, -0.1) is 11.4 Å². The zero-order chi connectivity index (χ0) is 3.58. The van der Waals surface area contributed by atoms with Gasteiger partial charge in [0.15, 0.2) is 0 Å². The van der Waals surface area contributed by atoms with Gasteiger partial charge in [-0.2, -0.15) is 0 Å². The van der Waals surface area contributed by atoms with Crippen LogP contribution in [0.5, 0.6) is 0 Å². The third kappa shape index (κ3) is 74.6. The molecule has 26 valence electrons. The van der Waals surface area contributed by atoms with E-state index in [9.17, 15) is 0 Å². The second-order valence-corrected chi connectivity index (χ2v) is 0.612. The van der Waals surface area contributed by atoms with Crippen molar-refractivity contribution < 1.29 is 32.2 Å². The Bertz CT molecular complexity index is 29.9. The molecule has 0 amide bonds. The molecule has 0 atom stereocenters. The molecule has 0 saturated carbocycles. The first-order chi connectivity index (χ1) is 1.73. The molecule has 0 N–H and O–H groups in total. The van der Waals surface area contributed by atoms with Crippen molar-refractivity contribution in [2.75, 3.05) is 0 Å². The summed E-state index contributed by atoms with van der Waals surface area (Å²) in [5.74, 6) is 0. The van der Waals surface area contributed by atoms with E-state index < -0.39 is 11.4 Å². The maximum absolute atomic E-state index is 8.44. The molecule has 0 unspecified atom stereocenters. The van der Waals surface area contributed by atoms with Crippen LogP contribution in [-0.2, 0) is 11.4 Å². The van der Waals surface area contributed by atoms with Crippen molar-refractivity contribution in [3.8, 4) is 0 Å². The zero-order valence-corrected chi connectivity index (χ0v) is 3.45. The molecule has 0 aromatic heterocycles. The van der Waals surface area contributed by atoms with Gasteiger partial charge in [0.05, 0.1) is 0 Å². The van der Waals surface area contributed by atoms with Crippen molar-refractivity contribution in [3.05, 3.63) is 0 Å². The Balaban J connectivity index is 0. The monoisotopic (exact) mass is 87.0 g/mol. The van der Waals surface area contributed by atoms with Crippen molar-refractivity contribution in [1.29, 1.82) is 0 Å². The van der Waals surface area contributed by atoms with Crippen LogP contribution < -0.4 is 18.9 Å². The molecule has 3 nitrogen and oxygen atoms in total. The fraction of sp³-hybridized carbons (Fsp3) is 0. The molecule has 0 spiro atoms. The van der Waals surface area contributed by atoms with Gasteiger partial charge >= 0.3 is 18.9 Å². The van der Waals surface area contributed by atoms with Gasteiger partial charge in [-0.3, -0.25) is 4.21 Å². The molecule has 0 heterocycles. The van der Waals surface area contributed by atoms with E-state index in [0.29, 0.717) is 0 Å². The average molecular weight is 87.0 g/mol. The molecule has 0 aliphatic heterocycles. The maximum atomic E-state index is 8.44. The molecule has 0 aliphatic carbocycles. The summed E-state index contributed by atoms with van der Waals surface area (Å²) in [5.41, 5.74) is 0. The quantitative estimate of drug-likeness (QED) is 0.223. The van der Waals surface area contributed by atoms with Crippen LogP contribution in [0.25, 0.3) is 0 Å². The summed E-state index contributed by atoms with van der Waals surface area (Å²) in [4.78, 5) is 0. The summed E-state index contributed by atoms with van der Waals surface area (Å²) in [5, 5.41) is 0. The first kappa shape index (κ1) is 9.18. The van der Waals surface area contributed by atoms with Crippen molar-refractivity contribution in [1.82, 2.24) is 0 Å². The summed E-state index contributed by atoms with van der Waals surface area (Å²) in [6, 6.07) is 0. The summed E-state index contributed by atoms with van der Waals surface area (Å²) < 4.78 is 25.3. The standard InChI is InChI=1S/Li.H2O3S/c;1-4(2)3/h;(H2,1,2,3)/q+1;/p-2. The van der Waals surface area contributed by atoms with E-state index in [1.54, 1.807) is 0 Å². The Morgan fingerprint density at radius 1 is 1.40 bits per heavy atom. The molecular weight excluding hydrogens is 87.0 g/mol. The van der Waals surface area contributed by atoms with Gasteiger partial charge in [0.1, 0.15) is 0 Å². The van der Waals surface area contributed by atoms with Crippen molar-refractivity contribution >= 4 is 11.4 Å². The van der Waals surface area contributed by atoms with E-state index in [-0.39, 0.29) is 18.9 Å². The minimum atomic E-state index is -3.11. The number of rotatable bonds is 0. The third-order valence-electron chi connectivity index (χ3n) is 0. The number of hydrogen-bond acceptors (Lipinski definition) is 3. The SMILES string of the molecule is O=S([O-])[O-].[Li+]. The van der Waals surface area contributed by atoms with Crippen LogP contribution in [0.4, 0.5) is 0 Å². The molecule has 0 aliphatic rings. The molecule has 0 aromatic carbocycles. The molecule has 0 aromatic rings. The van der Waals surface area contributed by atoms with Crippen LogP contribution in [0.3, 0.4) is 0 Å². The van der Waals surface area contributed by atoms with Gasteiger partial charge in [0.2, 0.25) is 0 Å².